The third kappa shape index (κ3) is 2.87. The molecule has 0 saturated carbocycles. The molecule has 0 amide bonds. The first kappa shape index (κ1) is 17.0. The summed E-state index contributed by atoms with van der Waals surface area (Å²) in [4.78, 5) is 8.91. The SMILES string of the molecule is Cn1ncc2c1ncn1nc(-c3ccc(COc4ccc(Cl)cc4Cl)o3)nc21. The first-order valence-corrected chi connectivity index (χ1v) is 9.04. The average molecular weight is 415 g/mol. The van der Waals surface area contributed by atoms with Crippen LogP contribution in [0, 0.1) is 0 Å². The molecule has 8 nitrogen and oxygen atoms in total. The van der Waals surface area contributed by atoms with Crippen molar-refractivity contribution in [3.8, 4) is 17.3 Å². The number of hydrogen-bond acceptors (Lipinski definition) is 6. The van der Waals surface area contributed by atoms with E-state index in [1.54, 1.807) is 46.0 Å². The molecule has 1 aromatic carbocycles. The number of rotatable bonds is 4. The standard InChI is InChI=1S/C18H12Cl2N6O2/c1-25-17-12(7-22-25)18-23-16(24-26(18)9-21-17)15-5-3-11(28-15)8-27-14-4-2-10(19)6-13(14)20/h2-7,9H,8H2,1H3. The van der Waals surface area contributed by atoms with Gasteiger partial charge in [0.15, 0.2) is 17.1 Å². The molecule has 0 aliphatic rings. The number of ether oxygens (including phenoxy) is 1. The molecule has 0 radical (unpaired) electrons. The lowest BCUT2D eigenvalue weighted by Crippen LogP contribution is -1.94. The summed E-state index contributed by atoms with van der Waals surface area (Å²) in [7, 11) is 1.83. The van der Waals surface area contributed by atoms with Crippen LogP contribution in [0.25, 0.3) is 28.3 Å². The highest BCUT2D eigenvalue weighted by Gasteiger charge is 2.15. The summed E-state index contributed by atoms with van der Waals surface area (Å²) in [5.41, 5.74) is 1.40. The lowest BCUT2D eigenvalue weighted by atomic mass is 10.3. The fourth-order valence-electron chi connectivity index (χ4n) is 2.86. The Balaban J connectivity index is 1.41. The molecule has 0 saturated heterocycles. The van der Waals surface area contributed by atoms with E-state index < -0.39 is 0 Å². The van der Waals surface area contributed by atoms with E-state index in [0.29, 0.717) is 38.8 Å². The summed E-state index contributed by atoms with van der Waals surface area (Å²) < 4.78 is 14.8. The van der Waals surface area contributed by atoms with Crippen LogP contribution >= 0.6 is 23.2 Å². The Labute approximate surface area is 168 Å². The zero-order valence-electron chi connectivity index (χ0n) is 14.5. The van der Waals surface area contributed by atoms with Gasteiger partial charge in [-0.05, 0) is 30.3 Å². The molecule has 0 N–H and O–H groups in total. The highest BCUT2D eigenvalue weighted by molar-refractivity contribution is 6.35. The Bertz CT molecular complexity index is 1320. The van der Waals surface area contributed by atoms with Crippen molar-refractivity contribution in [3.63, 3.8) is 0 Å². The first-order chi connectivity index (χ1) is 13.6. The van der Waals surface area contributed by atoms with E-state index in [1.807, 2.05) is 13.1 Å². The lowest BCUT2D eigenvalue weighted by molar-refractivity contribution is 0.272. The predicted octanol–water partition coefficient (Wildman–Crippen LogP) is 4.16. The molecule has 0 atom stereocenters. The van der Waals surface area contributed by atoms with Gasteiger partial charge in [-0.15, -0.1) is 5.10 Å². The number of nitrogens with zero attached hydrogens (tertiary/aromatic N) is 6. The third-order valence-electron chi connectivity index (χ3n) is 4.21. The Hall–Kier alpha value is -3.10. The number of halogens is 2. The molecule has 4 aromatic heterocycles. The van der Waals surface area contributed by atoms with Crippen LogP contribution in [0.2, 0.25) is 10.0 Å². The number of aromatic nitrogens is 6. The molecule has 0 bridgehead atoms. The minimum absolute atomic E-state index is 0.211. The van der Waals surface area contributed by atoms with E-state index in [0.717, 1.165) is 11.0 Å². The second kappa shape index (κ2) is 6.50. The van der Waals surface area contributed by atoms with Gasteiger partial charge in [0.25, 0.3) is 0 Å². The molecule has 4 heterocycles. The van der Waals surface area contributed by atoms with Crippen LogP contribution in [-0.4, -0.2) is 29.4 Å². The van der Waals surface area contributed by atoms with Gasteiger partial charge in [-0.1, -0.05) is 23.2 Å². The second-order valence-electron chi connectivity index (χ2n) is 6.08. The van der Waals surface area contributed by atoms with E-state index in [2.05, 4.69) is 20.2 Å². The molecular formula is C18H12Cl2N6O2. The molecule has 140 valence electrons. The Morgan fingerprint density at radius 1 is 1.14 bits per heavy atom. The van der Waals surface area contributed by atoms with E-state index >= 15 is 0 Å². The fourth-order valence-corrected chi connectivity index (χ4v) is 3.32. The lowest BCUT2D eigenvalue weighted by Gasteiger charge is -2.06. The molecule has 0 unspecified atom stereocenters. The zero-order valence-corrected chi connectivity index (χ0v) is 16.0. The van der Waals surface area contributed by atoms with E-state index in [1.165, 1.54) is 0 Å². The van der Waals surface area contributed by atoms with Crippen LogP contribution in [0.5, 0.6) is 5.75 Å². The third-order valence-corrected chi connectivity index (χ3v) is 4.75. The van der Waals surface area contributed by atoms with E-state index in [-0.39, 0.29) is 6.61 Å². The summed E-state index contributed by atoms with van der Waals surface area (Å²) in [6.45, 7) is 0.211. The largest absolute Gasteiger partial charge is 0.484 e. The predicted molar refractivity (Wildman–Crippen MR) is 104 cm³/mol. The molecule has 0 fully saturated rings. The molecule has 10 heteroatoms. The Morgan fingerprint density at radius 3 is 2.89 bits per heavy atom. The number of benzene rings is 1. The summed E-state index contributed by atoms with van der Waals surface area (Å²) in [5.74, 6) is 2.12. The van der Waals surface area contributed by atoms with E-state index in [9.17, 15) is 0 Å². The van der Waals surface area contributed by atoms with Gasteiger partial charge < -0.3 is 9.15 Å². The zero-order chi connectivity index (χ0) is 19.3. The van der Waals surface area contributed by atoms with Gasteiger partial charge in [0.05, 0.1) is 16.6 Å². The average Bonchev–Trinajstić information content (AvgIpc) is 3.38. The smallest absolute Gasteiger partial charge is 0.217 e. The topological polar surface area (TPSA) is 83.3 Å². The van der Waals surface area contributed by atoms with Crippen molar-refractivity contribution in [2.45, 2.75) is 6.61 Å². The maximum Gasteiger partial charge on any atom is 0.217 e. The first-order valence-electron chi connectivity index (χ1n) is 8.28. The fraction of sp³-hybridized carbons (Fsp3) is 0.111. The normalized spacial score (nSPS) is 11.5. The van der Waals surface area contributed by atoms with Crippen LogP contribution in [0.3, 0.4) is 0 Å². The van der Waals surface area contributed by atoms with Gasteiger partial charge in [0.2, 0.25) is 5.82 Å². The van der Waals surface area contributed by atoms with Gasteiger partial charge in [-0.2, -0.15) is 5.10 Å². The van der Waals surface area contributed by atoms with Crippen molar-refractivity contribution in [3.05, 3.63) is 58.7 Å². The van der Waals surface area contributed by atoms with Crippen molar-refractivity contribution in [2.24, 2.45) is 7.05 Å². The monoisotopic (exact) mass is 414 g/mol. The maximum atomic E-state index is 6.12. The van der Waals surface area contributed by atoms with Crippen LogP contribution < -0.4 is 4.74 Å². The summed E-state index contributed by atoms with van der Waals surface area (Å²) in [6, 6.07) is 8.65. The number of aryl methyl sites for hydroxylation is 1. The van der Waals surface area contributed by atoms with Gasteiger partial charge in [-0.25, -0.2) is 14.5 Å². The van der Waals surface area contributed by atoms with Gasteiger partial charge in [0, 0.05) is 12.1 Å². The summed E-state index contributed by atoms with van der Waals surface area (Å²) in [6.07, 6.45) is 3.32. The number of furan rings is 1. The molecule has 28 heavy (non-hydrogen) atoms. The maximum absolute atomic E-state index is 6.12. The number of hydrogen-bond donors (Lipinski definition) is 0. The molecular weight excluding hydrogens is 403 g/mol. The molecule has 0 aliphatic carbocycles. The Morgan fingerprint density at radius 2 is 2.04 bits per heavy atom. The second-order valence-corrected chi connectivity index (χ2v) is 6.93. The highest BCUT2D eigenvalue weighted by Crippen LogP contribution is 2.29. The molecule has 0 spiro atoms. The molecule has 5 aromatic rings. The van der Waals surface area contributed by atoms with Crippen molar-refractivity contribution >= 4 is 39.9 Å². The molecule has 0 aliphatic heterocycles. The van der Waals surface area contributed by atoms with Crippen molar-refractivity contribution < 1.29 is 9.15 Å². The van der Waals surface area contributed by atoms with Gasteiger partial charge in [-0.3, -0.25) is 4.68 Å². The van der Waals surface area contributed by atoms with Crippen LogP contribution in [0.15, 0.2) is 47.3 Å². The van der Waals surface area contributed by atoms with Crippen molar-refractivity contribution in [1.82, 2.24) is 29.4 Å². The van der Waals surface area contributed by atoms with E-state index in [4.69, 9.17) is 32.4 Å². The van der Waals surface area contributed by atoms with Crippen LogP contribution in [0.1, 0.15) is 5.76 Å². The minimum Gasteiger partial charge on any atom is -0.484 e. The summed E-state index contributed by atoms with van der Waals surface area (Å²) >= 11 is 12.0. The van der Waals surface area contributed by atoms with Crippen LogP contribution in [0.4, 0.5) is 0 Å². The summed E-state index contributed by atoms with van der Waals surface area (Å²) in [5, 5.41) is 10.4. The van der Waals surface area contributed by atoms with Gasteiger partial charge in [0.1, 0.15) is 24.4 Å². The Kier molecular flexibility index (Phi) is 3.96. The highest BCUT2D eigenvalue weighted by atomic mass is 35.5. The van der Waals surface area contributed by atoms with Crippen molar-refractivity contribution in [1.29, 1.82) is 0 Å². The quantitative estimate of drug-likeness (QED) is 0.439. The van der Waals surface area contributed by atoms with Crippen LogP contribution in [-0.2, 0) is 13.7 Å². The van der Waals surface area contributed by atoms with Crippen molar-refractivity contribution in [2.75, 3.05) is 0 Å². The van der Waals surface area contributed by atoms with Gasteiger partial charge >= 0.3 is 0 Å². The molecule has 5 rings (SSSR count). The minimum atomic E-state index is 0.211. The number of fused-ring (bicyclic) bond motifs is 3.